The number of carbonyl (C=O) groups excluding carboxylic acids is 1. The molecule has 6 nitrogen and oxygen atoms in total. The summed E-state index contributed by atoms with van der Waals surface area (Å²) in [6, 6.07) is 7.79. The van der Waals surface area contributed by atoms with Crippen LogP contribution in [0.3, 0.4) is 0 Å². The number of nitrogens with one attached hydrogen (secondary N) is 1. The van der Waals surface area contributed by atoms with Crippen LogP contribution in [-0.2, 0) is 10.9 Å². The molecule has 0 saturated carbocycles. The number of rotatable bonds is 6. The summed E-state index contributed by atoms with van der Waals surface area (Å²) in [5, 5.41) is 6.41. The van der Waals surface area contributed by atoms with E-state index in [1.165, 1.54) is 18.9 Å². The molecule has 1 aromatic carbocycles. The summed E-state index contributed by atoms with van der Waals surface area (Å²) in [5.41, 5.74) is 1.03. The first-order valence-electron chi connectivity index (χ1n) is 9.32. The number of allylic oxidation sites excluding steroid dienone is 3. The van der Waals surface area contributed by atoms with E-state index >= 15 is 0 Å². The Hall–Kier alpha value is -3.23. The van der Waals surface area contributed by atoms with Gasteiger partial charge in [-0.1, -0.05) is 23.8 Å². The molecule has 1 heterocycles. The van der Waals surface area contributed by atoms with Crippen LogP contribution in [0.15, 0.2) is 54.1 Å². The third-order valence-corrected chi connectivity index (χ3v) is 4.77. The summed E-state index contributed by atoms with van der Waals surface area (Å²) in [6.45, 7) is 0.412. The number of nitrogens with zero attached hydrogens (tertiary/aromatic N) is 2. The van der Waals surface area contributed by atoms with E-state index in [1.807, 2.05) is 18.2 Å². The molecule has 1 N–H and O–H groups in total. The quantitative estimate of drug-likeness (QED) is 0.740. The van der Waals surface area contributed by atoms with Crippen LogP contribution in [0, 0.1) is 0 Å². The summed E-state index contributed by atoms with van der Waals surface area (Å²) < 4.78 is 50.9. The highest BCUT2D eigenvalue weighted by molar-refractivity contribution is 5.66. The fourth-order valence-electron chi connectivity index (χ4n) is 3.18. The highest BCUT2D eigenvalue weighted by Gasteiger charge is 2.36. The van der Waals surface area contributed by atoms with Crippen molar-refractivity contribution < 1.29 is 27.4 Å². The van der Waals surface area contributed by atoms with Gasteiger partial charge in [-0.05, 0) is 43.2 Å². The maximum atomic E-state index is 13.3. The summed E-state index contributed by atoms with van der Waals surface area (Å²) in [5.74, 6) is 0.349. The maximum absolute atomic E-state index is 13.3. The Labute approximate surface area is 172 Å². The van der Waals surface area contributed by atoms with E-state index in [2.05, 4.69) is 15.2 Å². The topological polar surface area (TPSA) is 65.4 Å². The Morgan fingerprint density at radius 2 is 2.00 bits per heavy atom. The van der Waals surface area contributed by atoms with Crippen LogP contribution in [-0.4, -0.2) is 36.6 Å². The van der Waals surface area contributed by atoms with E-state index in [9.17, 15) is 18.0 Å². The molecule has 3 rings (SSSR count). The molecule has 1 aromatic heterocycles. The molecule has 1 aliphatic carbocycles. The maximum Gasteiger partial charge on any atom is 0.435 e. The standard InChI is InChI=1S/C21H22F3N3O3/c1-29-17-9-7-16(8-10-17)27-18(13-19(26-27)21(22,23)24)15-5-3-14(4-6-15)11-12-25-20(28)30-2/h3-5,7-10,13,15H,6,11-12H2,1-2H3,(H,25,28). The molecule has 1 atom stereocenters. The van der Waals surface area contributed by atoms with Gasteiger partial charge in [0.2, 0.25) is 0 Å². The van der Waals surface area contributed by atoms with Crippen LogP contribution in [0.2, 0.25) is 0 Å². The average molecular weight is 421 g/mol. The van der Waals surface area contributed by atoms with Crippen LogP contribution in [0.4, 0.5) is 18.0 Å². The number of halogens is 3. The summed E-state index contributed by atoms with van der Waals surface area (Å²) in [6.07, 6.45) is 1.79. The smallest absolute Gasteiger partial charge is 0.435 e. The molecule has 9 heteroatoms. The average Bonchev–Trinajstić information content (AvgIpc) is 3.20. The third-order valence-electron chi connectivity index (χ3n) is 4.77. The second kappa shape index (κ2) is 9.06. The first-order chi connectivity index (χ1) is 14.3. The monoisotopic (exact) mass is 421 g/mol. The zero-order chi connectivity index (χ0) is 21.7. The molecule has 30 heavy (non-hydrogen) atoms. The predicted octanol–water partition coefficient (Wildman–Crippen LogP) is 4.62. The number of amides is 1. The van der Waals surface area contributed by atoms with Crippen molar-refractivity contribution >= 4 is 6.09 Å². The van der Waals surface area contributed by atoms with Gasteiger partial charge in [0.05, 0.1) is 25.6 Å². The fourth-order valence-corrected chi connectivity index (χ4v) is 3.18. The van der Waals surface area contributed by atoms with E-state index < -0.39 is 18.0 Å². The zero-order valence-electron chi connectivity index (χ0n) is 16.6. The van der Waals surface area contributed by atoms with Crippen molar-refractivity contribution in [2.45, 2.75) is 24.9 Å². The number of alkyl halides is 3. The Kier molecular flexibility index (Phi) is 6.49. The number of carbonyl (C=O) groups is 1. The van der Waals surface area contributed by atoms with Crippen LogP contribution in [0.5, 0.6) is 5.75 Å². The lowest BCUT2D eigenvalue weighted by molar-refractivity contribution is -0.141. The van der Waals surface area contributed by atoms with Gasteiger partial charge in [-0.15, -0.1) is 0 Å². The Bertz CT molecular complexity index is 947. The lowest BCUT2D eigenvalue weighted by Gasteiger charge is -2.18. The summed E-state index contributed by atoms with van der Waals surface area (Å²) >= 11 is 0. The molecule has 0 saturated heterocycles. The third kappa shape index (κ3) is 5.03. The van der Waals surface area contributed by atoms with Gasteiger partial charge in [0, 0.05) is 12.5 Å². The van der Waals surface area contributed by atoms with E-state index in [0.717, 1.165) is 11.6 Å². The van der Waals surface area contributed by atoms with Crippen LogP contribution >= 0.6 is 0 Å². The van der Waals surface area contributed by atoms with Crippen molar-refractivity contribution in [3.05, 3.63) is 65.5 Å². The highest BCUT2D eigenvalue weighted by Crippen LogP contribution is 2.35. The van der Waals surface area contributed by atoms with Crippen LogP contribution in [0.1, 0.15) is 30.1 Å². The minimum Gasteiger partial charge on any atom is -0.497 e. The van der Waals surface area contributed by atoms with Gasteiger partial charge in [-0.25, -0.2) is 9.48 Å². The number of hydrogen-bond donors (Lipinski definition) is 1. The predicted molar refractivity (Wildman–Crippen MR) is 105 cm³/mol. The fraction of sp³-hybridized carbons (Fsp3) is 0.333. The SMILES string of the molecule is COC(=O)NCCC1=CCC(c2cc(C(F)(F)F)nn2-c2ccc(OC)cc2)C=C1. The molecule has 1 amide bonds. The van der Waals surface area contributed by atoms with Crippen LogP contribution < -0.4 is 10.1 Å². The van der Waals surface area contributed by atoms with E-state index in [4.69, 9.17) is 4.74 Å². The van der Waals surface area contributed by atoms with Crippen LogP contribution in [0.25, 0.3) is 5.69 Å². The molecule has 0 bridgehead atoms. The number of methoxy groups -OCH3 is 2. The van der Waals surface area contributed by atoms with Gasteiger partial charge in [-0.3, -0.25) is 0 Å². The first-order valence-corrected chi connectivity index (χ1v) is 9.32. The Morgan fingerprint density at radius 3 is 2.57 bits per heavy atom. The molecule has 0 fully saturated rings. The summed E-state index contributed by atoms with van der Waals surface area (Å²) in [7, 11) is 2.81. The van der Waals surface area contributed by atoms with Gasteiger partial charge < -0.3 is 14.8 Å². The van der Waals surface area contributed by atoms with Crippen molar-refractivity contribution in [2.24, 2.45) is 0 Å². The van der Waals surface area contributed by atoms with Crippen molar-refractivity contribution in [1.29, 1.82) is 0 Å². The minimum atomic E-state index is -4.54. The first kappa shape index (κ1) is 21.5. The summed E-state index contributed by atoms with van der Waals surface area (Å²) in [4.78, 5) is 11.1. The molecule has 0 radical (unpaired) electrons. The van der Waals surface area contributed by atoms with Crippen molar-refractivity contribution in [3.8, 4) is 11.4 Å². The van der Waals surface area contributed by atoms with Gasteiger partial charge >= 0.3 is 12.3 Å². The molecular formula is C21H22F3N3O3. The molecule has 1 unspecified atom stereocenters. The lowest BCUT2D eigenvalue weighted by Crippen LogP contribution is -2.24. The molecule has 2 aromatic rings. The minimum absolute atomic E-state index is 0.256. The molecule has 0 aliphatic heterocycles. The Morgan fingerprint density at radius 1 is 1.27 bits per heavy atom. The van der Waals surface area contributed by atoms with E-state index in [0.29, 0.717) is 36.5 Å². The van der Waals surface area contributed by atoms with Gasteiger partial charge in [0.1, 0.15) is 5.75 Å². The van der Waals surface area contributed by atoms with Crippen molar-refractivity contribution in [2.75, 3.05) is 20.8 Å². The largest absolute Gasteiger partial charge is 0.497 e. The lowest BCUT2D eigenvalue weighted by atomic mass is 9.92. The second-order valence-corrected chi connectivity index (χ2v) is 6.71. The Balaban J connectivity index is 1.80. The molecule has 1 aliphatic rings. The molecule has 0 spiro atoms. The van der Waals surface area contributed by atoms with E-state index in [1.54, 1.807) is 24.3 Å². The normalized spacial score (nSPS) is 16.2. The molecule has 160 valence electrons. The highest BCUT2D eigenvalue weighted by atomic mass is 19.4. The number of aromatic nitrogens is 2. The van der Waals surface area contributed by atoms with Gasteiger partial charge in [0.25, 0.3) is 0 Å². The number of hydrogen-bond acceptors (Lipinski definition) is 4. The zero-order valence-corrected chi connectivity index (χ0v) is 16.6. The number of benzene rings is 1. The van der Waals surface area contributed by atoms with Gasteiger partial charge in [0.15, 0.2) is 5.69 Å². The van der Waals surface area contributed by atoms with Crippen molar-refractivity contribution in [1.82, 2.24) is 15.1 Å². The second-order valence-electron chi connectivity index (χ2n) is 6.71. The van der Waals surface area contributed by atoms with E-state index in [-0.39, 0.29) is 5.92 Å². The molecular weight excluding hydrogens is 399 g/mol. The number of ether oxygens (including phenoxy) is 2. The van der Waals surface area contributed by atoms with Gasteiger partial charge in [-0.2, -0.15) is 18.3 Å². The number of alkyl carbamates (subject to hydrolysis) is 1. The van der Waals surface area contributed by atoms with Crippen molar-refractivity contribution in [3.63, 3.8) is 0 Å².